The zero-order chi connectivity index (χ0) is 8.97. The predicted octanol–water partition coefficient (Wildman–Crippen LogP) is 1.92. The van der Waals surface area contributed by atoms with Gasteiger partial charge in [-0.05, 0) is 6.42 Å². The van der Waals surface area contributed by atoms with Crippen molar-refractivity contribution in [2.45, 2.75) is 26.2 Å². The third-order valence-electron chi connectivity index (χ3n) is 1.65. The number of halogens is 1. The number of imidazole rings is 1. The van der Waals surface area contributed by atoms with Gasteiger partial charge >= 0.3 is 0 Å². The van der Waals surface area contributed by atoms with Gasteiger partial charge in [-0.25, -0.2) is 4.98 Å². The van der Waals surface area contributed by atoms with Gasteiger partial charge in [0.05, 0.1) is 6.20 Å². The van der Waals surface area contributed by atoms with Gasteiger partial charge in [0.2, 0.25) is 6.41 Å². The fourth-order valence-electron chi connectivity index (χ4n) is 1.01. The van der Waals surface area contributed by atoms with Crippen LogP contribution in [0.25, 0.3) is 0 Å². The van der Waals surface area contributed by atoms with Crippen molar-refractivity contribution < 1.29 is 4.79 Å². The van der Waals surface area contributed by atoms with E-state index in [1.54, 1.807) is 0 Å². The molecule has 0 aliphatic carbocycles. The fraction of sp³-hybridized carbons (Fsp3) is 0.500. The second-order valence-corrected chi connectivity index (χ2v) is 2.98. The lowest BCUT2D eigenvalue weighted by atomic mass is 10.2. The van der Waals surface area contributed by atoms with Crippen LogP contribution in [0.5, 0.6) is 0 Å². The Labute approximate surface area is 76.4 Å². The largest absolute Gasteiger partial charge is 0.278 e. The van der Waals surface area contributed by atoms with Crippen LogP contribution in [0.3, 0.4) is 0 Å². The van der Waals surface area contributed by atoms with Gasteiger partial charge in [0.1, 0.15) is 11.0 Å². The fourth-order valence-corrected chi connectivity index (χ4v) is 1.21. The van der Waals surface area contributed by atoms with Crippen molar-refractivity contribution in [2.75, 3.05) is 0 Å². The average molecular weight is 187 g/mol. The van der Waals surface area contributed by atoms with E-state index in [2.05, 4.69) is 11.9 Å². The molecule has 1 aromatic rings. The number of hydrogen-bond donors (Lipinski definition) is 0. The minimum Gasteiger partial charge on any atom is -0.278 e. The summed E-state index contributed by atoms with van der Waals surface area (Å²) in [6.45, 7) is 2.09. The van der Waals surface area contributed by atoms with Gasteiger partial charge in [0.25, 0.3) is 0 Å². The maximum Gasteiger partial charge on any atom is 0.219 e. The van der Waals surface area contributed by atoms with E-state index in [1.165, 1.54) is 10.8 Å². The van der Waals surface area contributed by atoms with E-state index in [9.17, 15) is 4.79 Å². The standard InChI is InChI=1S/C8H11ClN2O/c1-2-3-4-8-10-7(9)5-11(8)6-12/h5-6H,2-4H2,1H3. The van der Waals surface area contributed by atoms with Crippen LogP contribution in [0, 0.1) is 0 Å². The molecule has 0 unspecified atom stereocenters. The molecule has 1 aromatic heterocycles. The highest BCUT2D eigenvalue weighted by atomic mass is 35.5. The van der Waals surface area contributed by atoms with E-state index in [-0.39, 0.29) is 0 Å². The molecule has 0 amide bonds. The summed E-state index contributed by atoms with van der Waals surface area (Å²) >= 11 is 5.63. The normalized spacial score (nSPS) is 10.2. The van der Waals surface area contributed by atoms with E-state index >= 15 is 0 Å². The third kappa shape index (κ3) is 2.08. The Bertz CT molecular complexity index is 270. The maximum absolute atomic E-state index is 10.5. The molecule has 4 heteroatoms. The number of aryl methyl sites for hydroxylation is 1. The van der Waals surface area contributed by atoms with Gasteiger partial charge < -0.3 is 0 Å². The number of carbonyl (C=O) groups excluding carboxylic acids is 1. The lowest BCUT2D eigenvalue weighted by Gasteiger charge is -1.96. The second-order valence-electron chi connectivity index (χ2n) is 2.60. The average Bonchev–Trinajstić information content (AvgIpc) is 2.42. The molecule has 0 spiro atoms. The Morgan fingerprint density at radius 2 is 2.50 bits per heavy atom. The van der Waals surface area contributed by atoms with Gasteiger partial charge in [0, 0.05) is 6.42 Å². The van der Waals surface area contributed by atoms with E-state index in [4.69, 9.17) is 11.6 Å². The molecular formula is C8H11ClN2O. The number of rotatable bonds is 4. The quantitative estimate of drug-likeness (QED) is 0.674. The molecule has 0 aliphatic heterocycles. The first kappa shape index (κ1) is 9.26. The van der Waals surface area contributed by atoms with Crippen molar-refractivity contribution >= 4 is 18.0 Å². The minimum absolute atomic E-state index is 0.383. The zero-order valence-electron chi connectivity index (χ0n) is 6.96. The molecule has 1 rings (SSSR count). The Morgan fingerprint density at radius 1 is 1.75 bits per heavy atom. The van der Waals surface area contributed by atoms with Crippen molar-refractivity contribution in [3.63, 3.8) is 0 Å². The Kier molecular flexibility index (Phi) is 3.29. The molecule has 0 atom stereocenters. The molecule has 0 N–H and O–H groups in total. The number of carbonyl (C=O) groups is 1. The van der Waals surface area contributed by atoms with Crippen molar-refractivity contribution in [3.05, 3.63) is 17.2 Å². The molecule has 0 radical (unpaired) electrons. The Balaban J connectivity index is 2.74. The summed E-state index contributed by atoms with van der Waals surface area (Å²) in [7, 11) is 0. The molecule has 12 heavy (non-hydrogen) atoms. The molecule has 0 aliphatic rings. The van der Waals surface area contributed by atoms with Crippen molar-refractivity contribution in [3.8, 4) is 0 Å². The molecule has 0 bridgehead atoms. The van der Waals surface area contributed by atoms with Gasteiger partial charge in [-0.3, -0.25) is 9.36 Å². The van der Waals surface area contributed by atoms with Crippen molar-refractivity contribution in [1.29, 1.82) is 0 Å². The first-order valence-electron chi connectivity index (χ1n) is 3.96. The summed E-state index contributed by atoms with van der Waals surface area (Å²) in [6, 6.07) is 0. The van der Waals surface area contributed by atoms with Crippen LogP contribution >= 0.6 is 11.6 Å². The maximum atomic E-state index is 10.5. The van der Waals surface area contributed by atoms with Crippen LogP contribution in [-0.2, 0) is 11.2 Å². The van der Waals surface area contributed by atoms with Crippen molar-refractivity contribution in [1.82, 2.24) is 9.55 Å². The molecule has 0 saturated heterocycles. The van der Waals surface area contributed by atoms with Crippen LogP contribution in [0.2, 0.25) is 5.15 Å². The number of unbranched alkanes of at least 4 members (excludes halogenated alkanes) is 1. The SMILES string of the molecule is CCCCc1nc(Cl)cn1C=O. The van der Waals surface area contributed by atoms with Gasteiger partial charge in [-0.1, -0.05) is 24.9 Å². The number of nitrogens with zero attached hydrogens (tertiary/aromatic N) is 2. The van der Waals surface area contributed by atoms with Crippen LogP contribution in [0.15, 0.2) is 6.20 Å². The molecule has 3 nitrogen and oxygen atoms in total. The highest BCUT2D eigenvalue weighted by Gasteiger charge is 2.04. The minimum atomic E-state index is 0.383. The van der Waals surface area contributed by atoms with Gasteiger partial charge in [-0.2, -0.15) is 0 Å². The lowest BCUT2D eigenvalue weighted by molar-refractivity contribution is 0.544. The summed E-state index contributed by atoms with van der Waals surface area (Å²) in [5.41, 5.74) is 0. The predicted molar refractivity (Wildman–Crippen MR) is 48.0 cm³/mol. The lowest BCUT2D eigenvalue weighted by Crippen LogP contribution is -2.00. The van der Waals surface area contributed by atoms with Crippen LogP contribution in [0.1, 0.15) is 25.6 Å². The molecular weight excluding hydrogens is 176 g/mol. The van der Waals surface area contributed by atoms with Crippen LogP contribution in [-0.4, -0.2) is 16.0 Å². The smallest absolute Gasteiger partial charge is 0.219 e. The summed E-state index contributed by atoms with van der Waals surface area (Å²) in [5.74, 6) is 0.747. The second kappa shape index (κ2) is 4.26. The molecule has 1 heterocycles. The number of hydrogen-bond acceptors (Lipinski definition) is 2. The topological polar surface area (TPSA) is 34.9 Å². The Hall–Kier alpha value is -0.830. The van der Waals surface area contributed by atoms with E-state index in [1.807, 2.05) is 0 Å². The third-order valence-corrected chi connectivity index (χ3v) is 1.83. The zero-order valence-corrected chi connectivity index (χ0v) is 7.71. The summed E-state index contributed by atoms with van der Waals surface area (Å²) in [5, 5.41) is 0.383. The Morgan fingerprint density at radius 3 is 3.08 bits per heavy atom. The molecule has 66 valence electrons. The van der Waals surface area contributed by atoms with E-state index in [0.717, 1.165) is 31.5 Å². The summed E-state index contributed by atoms with van der Waals surface area (Å²) in [6.07, 6.45) is 5.18. The first-order valence-corrected chi connectivity index (χ1v) is 4.34. The summed E-state index contributed by atoms with van der Waals surface area (Å²) < 4.78 is 1.43. The molecule has 0 fully saturated rings. The van der Waals surface area contributed by atoms with Gasteiger partial charge in [-0.15, -0.1) is 0 Å². The van der Waals surface area contributed by atoms with E-state index < -0.39 is 0 Å². The van der Waals surface area contributed by atoms with Crippen molar-refractivity contribution in [2.24, 2.45) is 0 Å². The highest BCUT2D eigenvalue weighted by molar-refractivity contribution is 6.29. The van der Waals surface area contributed by atoms with E-state index in [0.29, 0.717) is 5.15 Å². The monoisotopic (exact) mass is 186 g/mol. The van der Waals surface area contributed by atoms with Gasteiger partial charge in [0.15, 0.2) is 0 Å². The van der Waals surface area contributed by atoms with Crippen LogP contribution < -0.4 is 0 Å². The number of aromatic nitrogens is 2. The molecule has 0 saturated carbocycles. The van der Waals surface area contributed by atoms with Crippen LogP contribution in [0.4, 0.5) is 0 Å². The first-order chi connectivity index (χ1) is 5.77. The highest BCUT2D eigenvalue weighted by Crippen LogP contribution is 2.09. The summed E-state index contributed by atoms with van der Waals surface area (Å²) in [4.78, 5) is 14.5. The molecule has 0 aromatic carbocycles.